The van der Waals surface area contributed by atoms with E-state index in [0.29, 0.717) is 0 Å². The Labute approximate surface area is 146 Å². The Balaban J connectivity index is 1.77. The van der Waals surface area contributed by atoms with Gasteiger partial charge in [0.25, 0.3) is 0 Å². The van der Waals surface area contributed by atoms with E-state index >= 15 is 0 Å². The summed E-state index contributed by atoms with van der Waals surface area (Å²) in [6, 6.07) is 0. The summed E-state index contributed by atoms with van der Waals surface area (Å²) < 4.78 is 6.30. The van der Waals surface area contributed by atoms with E-state index in [9.17, 15) is 0 Å². The van der Waals surface area contributed by atoms with Gasteiger partial charge in [-0.15, -0.1) is 0 Å². The summed E-state index contributed by atoms with van der Waals surface area (Å²) in [6.07, 6.45) is 19.9. The van der Waals surface area contributed by atoms with Gasteiger partial charge < -0.3 is 4.74 Å². The van der Waals surface area contributed by atoms with E-state index in [0.717, 1.165) is 24.4 Å². The lowest BCUT2D eigenvalue weighted by atomic mass is 9.67. The molecule has 0 aromatic rings. The summed E-state index contributed by atoms with van der Waals surface area (Å²) in [6.45, 7) is 7.74. The van der Waals surface area contributed by atoms with Gasteiger partial charge in [-0.25, -0.2) is 0 Å². The minimum Gasteiger partial charge on any atom is -0.375 e. The third kappa shape index (κ3) is 5.76. The molecule has 0 saturated heterocycles. The second-order valence-corrected chi connectivity index (χ2v) is 8.48. The molecule has 0 spiro atoms. The Morgan fingerprint density at radius 3 is 2.00 bits per heavy atom. The van der Waals surface area contributed by atoms with Crippen molar-refractivity contribution < 1.29 is 4.74 Å². The summed E-state index contributed by atoms with van der Waals surface area (Å²) in [5.74, 6) is 3.10. The molecule has 23 heavy (non-hydrogen) atoms. The van der Waals surface area contributed by atoms with Crippen LogP contribution >= 0.6 is 0 Å². The molecule has 0 amide bonds. The summed E-state index contributed by atoms with van der Waals surface area (Å²) >= 11 is 0. The van der Waals surface area contributed by atoms with Crippen molar-refractivity contribution in [3.8, 4) is 0 Å². The normalized spacial score (nSPS) is 35.3. The van der Waals surface area contributed by atoms with Crippen molar-refractivity contribution in [1.29, 1.82) is 0 Å². The third-order valence-corrected chi connectivity index (χ3v) is 6.88. The molecule has 2 saturated carbocycles. The highest BCUT2D eigenvalue weighted by Gasteiger charge is 2.38. The zero-order valence-corrected chi connectivity index (χ0v) is 16.2. The molecule has 2 aliphatic rings. The lowest BCUT2D eigenvalue weighted by molar-refractivity contribution is -0.0855. The molecule has 0 heterocycles. The molecule has 2 rings (SSSR count). The number of rotatable bonds is 9. The number of hydrogen-bond acceptors (Lipinski definition) is 1. The highest BCUT2D eigenvalue weighted by atomic mass is 16.5. The maximum absolute atomic E-state index is 6.30. The summed E-state index contributed by atoms with van der Waals surface area (Å²) in [4.78, 5) is 0. The highest BCUT2D eigenvalue weighted by Crippen LogP contribution is 2.45. The molecular weight excluding hydrogens is 280 g/mol. The van der Waals surface area contributed by atoms with Crippen LogP contribution in [-0.4, -0.2) is 12.2 Å². The molecule has 1 nitrogen and oxygen atoms in total. The van der Waals surface area contributed by atoms with Gasteiger partial charge in [-0.1, -0.05) is 58.8 Å². The summed E-state index contributed by atoms with van der Waals surface area (Å²) in [7, 11) is 0. The molecule has 0 bridgehead atoms. The maximum Gasteiger partial charge on any atom is 0.0682 e. The number of hydrogen-bond donors (Lipinski definition) is 0. The van der Waals surface area contributed by atoms with E-state index in [1.807, 2.05) is 0 Å². The maximum atomic E-state index is 6.30. The second kappa shape index (κ2) is 10.1. The molecule has 0 unspecified atom stereocenters. The minimum atomic E-state index is 0.250. The standard InChI is InChI=1S/C22H42O/c1-4-7-8-16-22(23-6-3)17-14-21(15-18-22)20-12-10-19(9-5-2)11-13-20/h19-21H,4-18H2,1-3H3. The smallest absolute Gasteiger partial charge is 0.0682 e. The van der Waals surface area contributed by atoms with Crippen LogP contribution in [0.1, 0.15) is 111 Å². The van der Waals surface area contributed by atoms with Crippen molar-refractivity contribution in [2.75, 3.05) is 6.61 Å². The van der Waals surface area contributed by atoms with Gasteiger partial charge in [0.05, 0.1) is 5.60 Å². The molecule has 2 fully saturated rings. The first-order valence-corrected chi connectivity index (χ1v) is 10.9. The van der Waals surface area contributed by atoms with E-state index in [-0.39, 0.29) is 5.60 Å². The van der Waals surface area contributed by atoms with Crippen LogP contribution in [0.25, 0.3) is 0 Å². The van der Waals surface area contributed by atoms with Crippen LogP contribution in [0.4, 0.5) is 0 Å². The summed E-state index contributed by atoms with van der Waals surface area (Å²) in [5.41, 5.74) is 0.250. The van der Waals surface area contributed by atoms with Gasteiger partial charge in [-0.2, -0.15) is 0 Å². The molecule has 136 valence electrons. The van der Waals surface area contributed by atoms with Gasteiger partial charge in [0.1, 0.15) is 0 Å². The average molecular weight is 323 g/mol. The van der Waals surface area contributed by atoms with Crippen molar-refractivity contribution in [3.63, 3.8) is 0 Å². The topological polar surface area (TPSA) is 9.23 Å². The van der Waals surface area contributed by atoms with Gasteiger partial charge >= 0.3 is 0 Å². The van der Waals surface area contributed by atoms with E-state index in [1.54, 1.807) is 0 Å². The molecule has 0 atom stereocenters. The number of unbranched alkanes of at least 4 members (excludes halogenated alkanes) is 2. The molecule has 1 heteroatoms. The molecular formula is C22H42O. The SMILES string of the molecule is CCCCCC1(OCC)CCC(C2CCC(CCC)CC2)CC1. The zero-order valence-electron chi connectivity index (χ0n) is 16.2. The van der Waals surface area contributed by atoms with Crippen LogP contribution in [0.15, 0.2) is 0 Å². The quantitative estimate of drug-likeness (QED) is 0.410. The Hall–Kier alpha value is -0.0400. The molecule has 0 aliphatic heterocycles. The second-order valence-electron chi connectivity index (χ2n) is 8.48. The fraction of sp³-hybridized carbons (Fsp3) is 1.00. The molecule has 2 aliphatic carbocycles. The van der Waals surface area contributed by atoms with Gasteiger partial charge in [0.2, 0.25) is 0 Å². The molecule has 0 radical (unpaired) electrons. The van der Waals surface area contributed by atoms with Gasteiger partial charge in [0.15, 0.2) is 0 Å². The molecule has 0 aromatic heterocycles. The fourth-order valence-electron chi connectivity index (χ4n) is 5.46. The van der Waals surface area contributed by atoms with Crippen LogP contribution in [0.5, 0.6) is 0 Å². The fourth-order valence-corrected chi connectivity index (χ4v) is 5.46. The zero-order chi connectivity index (χ0) is 16.5. The monoisotopic (exact) mass is 322 g/mol. The number of ether oxygens (including phenoxy) is 1. The van der Waals surface area contributed by atoms with Crippen molar-refractivity contribution in [3.05, 3.63) is 0 Å². The molecule has 0 aromatic carbocycles. The van der Waals surface area contributed by atoms with Gasteiger partial charge in [-0.3, -0.25) is 0 Å². The Morgan fingerprint density at radius 1 is 0.783 bits per heavy atom. The Kier molecular flexibility index (Phi) is 8.44. The van der Waals surface area contributed by atoms with E-state index in [2.05, 4.69) is 20.8 Å². The Bertz CT molecular complexity index is 295. The van der Waals surface area contributed by atoms with Crippen LogP contribution < -0.4 is 0 Å². The van der Waals surface area contributed by atoms with E-state index in [4.69, 9.17) is 4.74 Å². The molecule has 0 N–H and O–H groups in total. The van der Waals surface area contributed by atoms with Crippen molar-refractivity contribution >= 4 is 0 Å². The highest BCUT2D eigenvalue weighted by molar-refractivity contribution is 4.90. The van der Waals surface area contributed by atoms with Crippen molar-refractivity contribution in [2.45, 2.75) is 116 Å². The van der Waals surface area contributed by atoms with Gasteiger partial charge in [0, 0.05) is 6.61 Å². The Morgan fingerprint density at radius 2 is 1.43 bits per heavy atom. The van der Waals surface area contributed by atoms with Crippen LogP contribution in [0.2, 0.25) is 0 Å². The minimum absolute atomic E-state index is 0.250. The van der Waals surface area contributed by atoms with Crippen molar-refractivity contribution in [2.24, 2.45) is 17.8 Å². The third-order valence-electron chi connectivity index (χ3n) is 6.88. The van der Waals surface area contributed by atoms with Gasteiger partial charge in [-0.05, 0) is 69.6 Å². The lowest BCUT2D eigenvalue weighted by Gasteiger charge is -2.44. The first-order valence-electron chi connectivity index (χ1n) is 10.9. The largest absolute Gasteiger partial charge is 0.375 e. The van der Waals surface area contributed by atoms with Crippen molar-refractivity contribution in [1.82, 2.24) is 0 Å². The first-order chi connectivity index (χ1) is 11.2. The average Bonchev–Trinajstić information content (AvgIpc) is 2.57. The van der Waals surface area contributed by atoms with Crippen LogP contribution in [-0.2, 0) is 4.74 Å². The predicted molar refractivity (Wildman–Crippen MR) is 101 cm³/mol. The van der Waals surface area contributed by atoms with Crippen LogP contribution in [0.3, 0.4) is 0 Å². The lowest BCUT2D eigenvalue weighted by Crippen LogP contribution is -2.39. The van der Waals surface area contributed by atoms with Crippen LogP contribution in [0, 0.1) is 17.8 Å². The first kappa shape index (κ1) is 19.3. The summed E-state index contributed by atoms with van der Waals surface area (Å²) in [5, 5.41) is 0. The van der Waals surface area contributed by atoms with E-state index in [1.165, 1.54) is 89.9 Å². The predicted octanol–water partition coefficient (Wildman–Crippen LogP) is 7.14. The van der Waals surface area contributed by atoms with E-state index < -0.39 is 0 Å².